The summed E-state index contributed by atoms with van der Waals surface area (Å²) in [5.74, 6) is -0.0340. The molecule has 1 atom stereocenters. The molecule has 1 aliphatic heterocycles. The van der Waals surface area contributed by atoms with E-state index >= 15 is 0 Å². The zero-order valence-corrected chi connectivity index (χ0v) is 12.4. The van der Waals surface area contributed by atoms with Crippen molar-refractivity contribution in [3.8, 4) is 0 Å². The highest BCUT2D eigenvalue weighted by molar-refractivity contribution is 5.90. The number of methoxy groups -OCH3 is 1. The molecule has 0 bridgehead atoms. The fourth-order valence-electron chi connectivity index (χ4n) is 2.35. The second kappa shape index (κ2) is 6.85. The van der Waals surface area contributed by atoms with Crippen molar-refractivity contribution in [3.63, 3.8) is 0 Å². The van der Waals surface area contributed by atoms with Crippen molar-refractivity contribution >= 4 is 11.8 Å². The van der Waals surface area contributed by atoms with Gasteiger partial charge >= 0.3 is 5.97 Å². The van der Waals surface area contributed by atoms with Gasteiger partial charge in [-0.15, -0.1) is 0 Å². The molecule has 0 N–H and O–H groups in total. The largest absolute Gasteiger partial charge is 0.468 e. The van der Waals surface area contributed by atoms with E-state index in [1.165, 1.54) is 7.11 Å². The summed E-state index contributed by atoms with van der Waals surface area (Å²) >= 11 is 0. The van der Waals surface area contributed by atoms with Crippen molar-refractivity contribution in [1.29, 1.82) is 0 Å². The quantitative estimate of drug-likeness (QED) is 0.566. The summed E-state index contributed by atoms with van der Waals surface area (Å²) in [6.45, 7) is 7.67. The van der Waals surface area contributed by atoms with Crippen LogP contribution in [0.4, 0.5) is 0 Å². The van der Waals surface area contributed by atoms with Gasteiger partial charge in [0.15, 0.2) is 5.78 Å². The van der Waals surface area contributed by atoms with Crippen LogP contribution in [0.3, 0.4) is 0 Å². The highest BCUT2D eigenvalue weighted by Gasteiger charge is 2.30. The lowest BCUT2D eigenvalue weighted by Crippen LogP contribution is -2.36. The fraction of sp³-hybridized carbons (Fsp3) is 0.733. The summed E-state index contributed by atoms with van der Waals surface area (Å²) in [7, 11) is 1.42. The highest BCUT2D eigenvalue weighted by Crippen LogP contribution is 2.20. The summed E-state index contributed by atoms with van der Waals surface area (Å²) < 4.78 is 4.79. The average molecular weight is 267 g/mol. The van der Waals surface area contributed by atoms with E-state index in [4.69, 9.17) is 4.74 Å². The average Bonchev–Trinajstić information content (AvgIpc) is 2.74. The molecule has 1 rings (SSSR count). The predicted octanol–water partition coefficient (Wildman–Crippen LogP) is 2.19. The Morgan fingerprint density at radius 2 is 2.05 bits per heavy atom. The van der Waals surface area contributed by atoms with Crippen LogP contribution < -0.4 is 0 Å². The molecule has 0 aliphatic carbocycles. The van der Waals surface area contributed by atoms with Gasteiger partial charge < -0.3 is 4.74 Å². The van der Waals surface area contributed by atoms with Crippen LogP contribution in [0.15, 0.2) is 12.2 Å². The number of hydrogen-bond donors (Lipinski definition) is 0. The minimum absolute atomic E-state index is 0.0175. The van der Waals surface area contributed by atoms with E-state index in [1.807, 2.05) is 26.8 Å². The maximum atomic E-state index is 11.7. The fourth-order valence-corrected chi connectivity index (χ4v) is 2.35. The molecule has 0 amide bonds. The molecule has 0 aromatic rings. The van der Waals surface area contributed by atoms with Gasteiger partial charge in [-0.3, -0.25) is 14.5 Å². The number of ether oxygens (including phenoxy) is 1. The zero-order chi connectivity index (χ0) is 14.5. The first-order chi connectivity index (χ1) is 8.83. The standard InChI is InChI=1S/C15H25NO3/c1-15(2,3)11-12(17)7-5-9-16-10-6-8-13(16)14(18)19-4/h5,7,13H,6,8-11H2,1-4H3/b7-5+. The van der Waals surface area contributed by atoms with Crippen molar-refractivity contribution in [3.05, 3.63) is 12.2 Å². The number of allylic oxidation sites excluding steroid dienone is 1. The summed E-state index contributed by atoms with van der Waals surface area (Å²) in [6.07, 6.45) is 5.89. The number of esters is 1. The van der Waals surface area contributed by atoms with Gasteiger partial charge in [0.2, 0.25) is 0 Å². The van der Waals surface area contributed by atoms with Gasteiger partial charge in [0.05, 0.1) is 7.11 Å². The number of rotatable bonds is 5. The van der Waals surface area contributed by atoms with E-state index in [9.17, 15) is 9.59 Å². The predicted molar refractivity (Wildman–Crippen MR) is 74.8 cm³/mol. The molecule has 0 aromatic heterocycles. The number of likely N-dealkylation sites (tertiary alicyclic amines) is 1. The third kappa shape index (κ3) is 5.55. The van der Waals surface area contributed by atoms with Crippen LogP contribution >= 0.6 is 0 Å². The molecule has 0 aromatic carbocycles. The van der Waals surface area contributed by atoms with Crippen molar-refractivity contribution < 1.29 is 14.3 Å². The number of ketones is 1. The molecular weight excluding hydrogens is 242 g/mol. The van der Waals surface area contributed by atoms with Gasteiger partial charge in [-0.25, -0.2) is 0 Å². The van der Waals surface area contributed by atoms with Gasteiger partial charge in [-0.05, 0) is 30.9 Å². The van der Waals surface area contributed by atoms with E-state index in [0.717, 1.165) is 19.4 Å². The summed E-state index contributed by atoms with van der Waals surface area (Å²) in [5.41, 5.74) is 0.0175. The second-order valence-corrected chi connectivity index (χ2v) is 6.28. The van der Waals surface area contributed by atoms with E-state index in [0.29, 0.717) is 13.0 Å². The van der Waals surface area contributed by atoms with Crippen molar-refractivity contribution in [2.75, 3.05) is 20.2 Å². The van der Waals surface area contributed by atoms with Crippen LogP contribution in [0.2, 0.25) is 0 Å². The monoisotopic (exact) mass is 267 g/mol. The molecule has 0 radical (unpaired) electrons. The Morgan fingerprint density at radius 3 is 2.63 bits per heavy atom. The Balaban J connectivity index is 2.43. The Bertz CT molecular complexity index is 355. The van der Waals surface area contributed by atoms with Crippen LogP contribution in [-0.2, 0) is 14.3 Å². The third-order valence-electron chi connectivity index (χ3n) is 3.19. The van der Waals surface area contributed by atoms with E-state index < -0.39 is 0 Å². The molecule has 4 heteroatoms. The lowest BCUT2D eigenvalue weighted by atomic mass is 9.90. The van der Waals surface area contributed by atoms with Crippen LogP contribution in [-0.4, -0.2) is 42.9 Å². The van der Waals surface area contributed by atoms with Crippen molar-refractivity contribution in [1.82, 2.24) is 4.90 Å². The Morgan fingerprint density at radius 1 is 1.37 bits per heavy atom. The van der Waals surface area contributed by atoms with E-state index in [-0.39, 0.29) is 23.2 Å². The number of nitrogens with zero attached hydrogens (tertiary/aromatic N) is 1. The molecule has 1 unspecified atom stereocenters. The molecule has 1 heterocycles. The number of carbonyl (C=O) groups excluding carboxylic acids is 2. The first kappa shape index (κ1) is 15.9. The van der Waals surface area contributed by atoms with Crippen LogP contribution in [0.1, 0.15) is 40.0 Å². The summed E-state index contributed by atoms with van der Waals surface area (Å²) in [5, 5.41) is 0. The van der Waals surface area contributed by atoms with Crippen LogP contribution in [0.25, 0.3) is 0 Å². The van der Waals surface area contributed by atoms with Crippen molar-refractivity contribution in [2.24, 2.45) is 5.41 Å². The maximum absolute atomic E-state index is 11.7. The smallest absolute Gasteiger partial charge is 0.323 e. The third-order valence-corrected chi connectivity index (χ3v) is 3.19. The molecule has 0 spiro atoms. The molecule has 0 saturated carbocycles. The molecule has 4 nitrogen and oxygen atoms in total. The van der Waals surface area contributed by atoms with Crippen molar-refractivity contribution in [2.45, 2.75) is 46.1 Å². The van der Waals surface area contributed by atoms with Gasteiger partial charge in [0.1, 0.15) is 6.04 Å². The lowest BCUT2D eigenvalue weighted by Gasteiger charge is -2.20. The van der Waals surface area contributed by atoms with Crippen LogP contribution in [0, 0.1) is 5.41 Å². The number of carbonyl (C=O) groups is 2. The summed E-state index contributed by atoms with van der Waals surface area (Å²) in [4.78, 5) is 25.3. The maximum Gasteiger partial charge on any atom is 0.323 e. The topological polar surface area (TPSA) is 46.6 Å². The van der Waals surface area contributed by atoms with E-state index in [2.05, 4.69) is 4.90 Å². The minimum atomic E-state index is -0.174. The molecule has 108 valence electrons. The summed E-state index contributed by atoms with van der Waals surface area (Å²) in [6, 6.07) is -0.146. The zero-order valence-electron chi connectivity index (χ0n) is 12.4. The van der Waals surface area contributed by atoms with Crippen LogP contribution in [0.5, 0.6) is 0 Å². The lowest BCUT2D eigenvalue weighted by molar-refractivity contribution is -0.145. The van der Waals surface area contributed by atoms with E-state index in [1.54, 1.807) is 6.08 Å². The SMILES string of the molecule is COC(=O)C1CCCN1C/C=C/C(=O)CC(C)(C)C. The Kier molecular flexibility index (Phi) is 5.73. The first-order valence-electron chi connectivity index (χ1n) is 6.85. The highest BCUT2D eigenvalue weighted by atomic mass is 16.5. The molecule has 1 aliphatic rings. The van der Waals surface area contributed by atoms with Gasteiger partial charge in [0, 0.05) is 13.0 Å². The first-order valence-corrected chi connectivity index (χ1v) is 6.85. The molecule has 19 heavy (non-hydrogen) atoms. The normalized spacial score (nSPS) is 20.9. The number of hydrogen-bond acceptors (Lipinski definition) is 4. The van der Waals surface area contributed by atoms with Gasteiger partial charge in [0.25, 0.3) is 0 Å². The molecule has 1 fully saturated rings. The Hall–Kier alpha value is -1.16. The van der Waals surface area contributed by atoms with Gasteiger partial charge in [-0.1, -0.05) is 26.8 Å². The second-order valence-electron chi connectivity index (χ2n) is 6.28. The minimum Gasteiger partial charge on any atom is -0.468 e. The Labute approximate surface area is 115 Å². The molecular formula is C15H25NO3. The molecule has 1 saturated heterocycles. The van der Waals surface area contributed by atoms with Gasteiger partial charge in [-0.2, -0.15) is 0 Å².